The largest absolute Gasteiger partial charge is 0.327 e. The van der Waals surface area contributed by atoms with Crippen molar-refractivity contribution in [2.75, 3.05) is 19.6 Å². The molecule has 1 aromatic heterocycles. The van der Waals surface area contributed by atoms with E-state index < -0.39 is 0 Å². The van der Waals surface area contributed by atoms with Crippen LogP contribution in [0.2, 0.25) is 0 Å². The van der Waals surface area contributed by atoms with Crippen LogP contribution in [0.4, 0.5) is 0 Å². The van der Waals surface area contributed by atoms with Crippen LogP contribution in [0, 0.1) is 18.8 Å². The molecule has 3 nitrogen and oxygen atoms in total. The van der Waals surface area contributed by atoms with Gasteiger partial charge in [-0.1, -0.05) is 6.07 Å². The third kappa shape index (κ3) is 3.85. The first-order valence-electron chi connectivity index (χ1n) is 7.13. The Morgan fingerprint density at radius 3 is 2.45 bits per heavy atom. The lowest BCUT2D eigenvalue weighted by Crippen LogP contribution is -2.49. The molecule has 0 radical (unpaired) electrons. The first-order chi connectivity index (χ1) is 8.72. The molecule has 2 fully saturated rings. The molecular formula is C15H25Cl2N3. The minimum atomic E-state index is 0. The van der Waals surface area contributed by atoms with Crippen LogP contribution in [0.3, 0.4) is 0 Å². The van der Waals surface area contributed by atoms with Gasteiger partial charge in [0.25, 0.3) is 0 Å². The molecule has 1 aliphatic heterocycles. The zero-order chi connectivity index (χ0) is 12.5. The summed E-state index contributed by atoms with van der Waals surface area (Å²) >= 11 is 0. The second kappa shape index (κ2) is 7.60. The van der Waals surface area contributed by atoms with Gasteiger partial charge in [-0.2, -0.15) is 0 Å². The van der Waals surface area contributed by atoms with Crippen molar-refractivity contribution in [3.05, 3.63) is 29.6 Å². The summed E-state index contributed by atoms with van der Waals surface area (Å²) in [6.45, 7) is 5.59. The first-order valence-corrected chi connectivity index (χ1v) is 7.13. The van der Waals surface area contributed by atoms with Crippen LogP contribution in [-0.4, -0.2) is 35.6 Å². The molecule has 5 heteroatoms. The maximum Gasteiger partial charge on any atom is 0.0419 e. The van der Waals surface area contributed by atoms with E-state index in [9.17, 15) is 0 Å². The highest BCUT2D eigenvalue weighted by atomic mass is 35.5. The summed E-state index contributed by atoms with van der Waals surface area (Å²) in [7, 11) is 0. The van der Waals surface area contributed by atoms with Gasteiger partial charge in [-0.25, -0.2) is 0 Å². The van der Waals surface area contributed by atoms with Gasteiger partial charge in [-0.05, 0) is 43.7 Å². The first kappa shape index (κ1) is 17.7. The summed E-state index contributed by atoms with van der Waals surface area (Å²) in [5.74, 6) is 1.49. The number of likely N-dealkylation sites (tertiary alicyclic amines) is 1. The van der Waals surface area contributed by atoms with Crippen LogP contribution in [0.15, 0.2) is 18.2 Å². The number of pyridine rings is 1. The zero-order valence-corrected chi connectivity index (χ0v) is 13.6. The highest BCUT2D eigenvalue weighted by molar-refractivity contribution is 5.85. The molecule has 1 unspecified atom stereocenters. The fourth-order valence-corrected chi connectivity index (χ4v) is 3.56. The van der Waals surface area contributed by atoms with Gasteiger partial charge in [0.05, 0.1) is 0 Å². The minimum absolute atomic E-state index is 0. The Morgan fingerprint density at radius 2 is 1.85 bits per heavy atom. The summed E-state index contributed by atoms with van der Waals surface area (Å²) in [4.78, 5) is 7.17. The van der Waals surface area contributed by atoms with Crippen LogP contribution in [-0.2, 0) is 6.42 Å². The van der Waals surface area contributed by atoms with Gasteiger partial charge >= 0.3 is 0 Å². The predicted octanol–water partition coefficient (Wildman–Crippen LogP) is 2.45. The molecule has 114 valence electrons. The molecule has 1 saturated heterocycles. The summed E-state index contributed by atoms with van der Waals surface area (Å²) in [5.41, 5.74) is 8.57. The predicted molar refractivity (Wildman–Crippen MR) is 87.8 cm³/mol. The Morgan fingerprint density at radius 1 is 1.20 bits per heavy atom. The SMILES string of the molecule is Cc1cccc(CCN2C[C@H]3CC[C@@H](C2)C3N)n1.Cl.Cl. The highest BCUT2D eigenvalue weighted by Gasteiger charge is 2.39. The lowest BCUT2D eigenvalue weighted by atomic mass is 9.93. The number of nitrogens with zero attached hydrogens (tertiary/aromatic N) is 2. The molecule has 2 aliphatic rings. The van der Waals surface area contributed by atoms with E-state index in [0.29, 0.717) is 6.04 Å². The summed E-state index contributed by atoms with van der Waals surface area (Å²) in [6, 6.07) is 6.77. The molecule has 20 heavy (non-hydrogen) atoms. The van der Waals surface area contributed by atoms with Crippen LogP contribution in [0.5, 0.6) is 0 Å². The maximum absolute atomic E-state index is 6.23. The van der Waals surface area contributed by atoms with Gasteiger partial charge < -0.3 is 10.6 Å². The van der Waals surface area contributed by atoms with Gasteiger partial charge in [0.1, 0.15) is 0 Å². The van der Waals surface area contributed by atoms with Crippen LogP contribution < -0.4 is 5.73 Å². The molecule has 2 bridgehead atoms. The number of hydrogen-bond acceptors (Lipinski definition) is 3. The number of aromatic nitrogens is 1. The molecule has 0 aromatic carbocycles. The Balaban J connectivity index is 0.000001000. The average molecular weight is 318 g/mol. The summed E-state index contributed by atoms with van der Waals surface area (Å²) in [6.07, 6.45) is 3.74. The molecule has 3 rings (SSSR count). The van der Waals surface area contributed by atoms with E-state index in [2.05, 4.69) is 35.0 Å². The maximum atomic E-state index is 6.23. The van der Waals surface area contributed by atoms with Gasteiger partial charge in [0, 0.05) is 43.5 Å². The van der Waals surface area contributed by atoms with E-state index in [0.717, 1.165) is 30.5 Å². The fourth-order valence-electron chi connectivity index (χ4n) is 3.56. The molecule has 1 saturated carbocycles. The van der Waals surface area contributed by atoms with Gasteiger partial charge in [0.2, 0.25) is 0 Å². The van der Waals surface area contributed by atoms with E-state index in [4.69, 9.17) is 5.73 Å². The van der Waals surface area contributed by atoms with E-state index >= 15 is 0 Å². The Bertz CT molecular complexity index is 413. The van der Waals surface area contributed by atoms with Crippen molar-refractivity contribution in [1.29, 1.82) is 0 Å². The fraction of sp³-hybridized carbons (Fsp3) is 0.667. The van der Waals surface area contributed by atoms with Crippen molar-refractivity contribution >= 4 is 24.8 Å². The molecule has 1 aromatic rings. The molecule has 2 N–H and O–H groups in total. The normalized spacial score (nSPS) is 28.6. The summed E-state index contributed by atoms with van der Waals surface area (Å²) < 4.78 is 0. The van der Waals surface area contributed by atoms with Crippen LogP contribution in [0.25, 0.3) is 0 Å². The van der Waals surface area contributed by atoms with Crippen molar-refractivity contribution in [3.8, 4) is 0 Å². The van der Waals surface area contributed by atoms with E-state index in [-0.39, 0.29) is 24.8 Å². The third-order valence-corrected chi connectivity index (χ3v) is 4.61. The number of halogens is 2. The highest BCUT2D eigenvalue weighted by Crippen LogP contribution is 2.35. The second-order valence-electron chi connectivity index (χ2n) is 5.95. The summed E-state index contributed by atoms with van der Waals surface area (Å²) in [5, 5.41) is 0. The number of fused-ring (bicyclic) bond motifs is 2. The number of rotatable bonds is 3. The minimum Gasteiger partial charge on any atom is -0.327 e. The van der Waals surface area contributed by atoms with Crippen molar-refractivity contribution in [1.82, 2.24) is 9.88 Å². The lowest BCUT2D eigenvalue weighted by Gasteiger charge is -2.36. The Kier molecular flexibility index (Phi) is 6.73. The van der Waals surface area contributed by atoms with Crippen LogP contribution >= 0.6 is 24.8 Å². The van der Waals surface area contributed by atoms with Gasteiger partial charge in [0.15, 0.2) is 0 Å². The number of piperidine rings is 1. The number of aryl methyl sites for hydroxylation is 1. The van der Waals surface area contributed by atoms with Crippen molar-refractivity contribution in [3.63, 3.8) is 0 Å². The van der Waals surface area contributed by atoms with E-state index in [1.54, 1.807) is 0 Å². The van der Waals surface area contributed by atoms with Crippen molar-refractivity contribution < 1.29 is 0 Å². The Hall–Kier alpha value is -0.350. The van der Waals surface area contributed by atoms with Crippen LogP contribution in [0.1, 0.15) is 24.2 Å². The second-order valence-corrected chi connectivity index (χ2v) is 5.95. The zero-order valence-electron chi connectivity index (χ0n) is 12.0. The topological polar surface area (TPSA) is 42.1 Å². The van der Waals surface area contributed by atoms with Crippen molar-refractivity contribution in [2.24, 2.45) is 17.6 Å². The van der Waals surface area contributed by atoms with Crippen molar-refractivity contribution in [2.45, 2.75) is 32.2 Å². The third-order valence-electron chi connectivity index (χ3n) is 4.61. The average Bonchev–Trinajstić information content (AvgIpc) is 2.60. The Labute approximate surface area is 134 Å². The molecule has 2 heterocycles. The van der Waals surface area contributed by atoms with E-state index in [1.165, 1.54) is 31.6 Å². The number of nitrogens with two attached hydrogens (primary N) is 1. The lowest BCUT2D eigenvalue weighted by molar-refractivity contribution is 0.148. The van der Waals surface area contributed by atoms with E-state index in [1.807, 2.05) is 0 Å². The molecule has 0 amide bonds. The molecule has 1 aliphatic carbocycles. The quantitative estimate of drug-likeness (QED) is 0.931. The molecular weight excluding hydrogens is 293 g/mol. The molecule has 3 atom stereocenters. The molecule has 0 spiro atoms. The monoisotopic (exact) mass is 317 g/mol. The van der Waals surface area contributed by atoms with Gasteiger partial charge in [-0.3, -0.25) is 4.98 Å². The standard InChI is InChI=1S/C15H23N3.2ClH/c1-11-3-2-4-14(17-11)7-8-18-9-12-5-6-13(10-18)15(12)16;;/h2-4,12-13,15H,5-10,16H2,1H3;2*1H/t12-,13+,15?;;. The number of hydrogen-bond donors (Lipinski definition) is 1. The smallest absolute Gasteiger partial charge is 0.0419 e. The van der Waals surface area contributed by atoms with Gasteiger partial charge in [-0.15, -0.1) is 24.8 Å².